The summed E-state index contributed by atoms with van der Waals surface area (Å²) in [5.41, 5.74) is 0. The quantitative estimate of drug-likeness (QED) is 0.195. The first kappa shape index (κ1) is 21.9. The zero-order valence-electron chi connectivity index (χ0n) is 14.5. The highest BCUT2D eigenvalue weighted by Crippen LogP contribution is 2.09. The van der Waals surface area contributed by atoms with Crippen LogP contribution in [0.2, 0.25) is 0 Å². The first-order chi connectivity index (χ1) is 11.6. The maximum atomic E-state index is 10.2. The van der Waals surface area contributed by atoms with Crippen LogP contribution in [0.15, 0.2) is 60.4 Å². The van der Waals surface area contributed by atoms with Crippen LogP contribution in [0.5, 0.6) is 0 Å². The van der Waals surface area contributed by atoms with E-state index in [0.717, 1.165) is 38.2 Å². The average Bonchev–Trinajstić information content (AvgIpc) is 2.54. The summed E-state index contributed by atoms with van der Waals surface area (Å²) in [6, 6.07) is 0. The van der Waals surface area contributed by atoms with Crippen molar-refractivity contribution in [2.45, 2.75) is 58.0 Å². The lowest BCUT2D eigenvalue weighted by molar-refractivity contribution is -0.131. The second kappa shape index (κ2) is 15.8. The van der Waals surface area contributed by atoms with Crippen molar-refractivity contribution in [2.24, 2.45) is 0 Å². The lowest BCUT2D eigenvalue weighted by atomic mass is 10.1. The standard InChI is InChI=1S/C20H30O4/c1-2-3-8-13-18(21)14-9-4-5-10-15-19(22)16-11-6-7-12-17-20(23)24/h5-7,10-12,15-18,21-22H,2-4,8-9,13-14H2,1H3,(H,23,24)/b7-6+,10-5+,16-11+,17-12+,19-15-. The minimum absolute atomic E-state index is 0.123. The molecule has 0 heterocycles. The van der Waals surface area contributed by atoms with Gasteiger partial charge in [-0.15, -0.1) is 0 Å². The van der Waals surface area contributed by atoms with Crippen LogP contribution < -0.4 is 0 Å². The number of unbranched alkanes of at least 4 members (excludes halogenated alkanes) is 3. The number of carboxylic acids is 1. The molecule has 0 aliphatic rings. The number of aliphatic hydroxyl groups is 2. The molecule has 0 saturated carbocycles. The Hall–Kier alpha value is -2.07. The van der Waals surface area contributed by atoms with Gasteiger partial charge in [-0.05, 0) is 37.8 Å². The minimum atomic E-state index is -0.995. The van der Waals surface area contributed by atoms with E-state index in [9.17, 15) is 15.0 Å². The summed E-state index contributed by atoms with van der Waals surface area (Å²) in [5.74, 6) is -0.872. The zero-order valence-corrected chi connectivity index (χ0v) is 14.5. The van der Waals surface area contributed by atoms with Gasteiger partial charge in [0.2, 0.25) is 0 Å². The molecule has 0 saturated heterocycles. The Morgan fingerprint density at radius 2 is 1.58 bits per heavy atom. The van der Waals surface area contributed by atoms with Gasteiger partial charge >= 0.3 is 5.97 Å². The van der Waals surface area contributed by atoms with Crippen molar-refractivity contribution in [2.75, 3.05) is 0 Å². The fraction of sp³-hybridized carbons (Fsp3) is 0.450. The molecule has 0 rings (SSSR count). The summed E-state index contributed by atoms with van der Waals surface area (Å²) in [5, 5.41) is 27.8. The number of rotatable bonds is 13. The molecule has 0 amide bonds. The number of aliphatic hydroxyl groups excluding tert-OH is 2. The van der Waals surface area contributed by atoms with Crippen molar-refractivity contribution in [1.82, 2.24) is 0 Å². The summed E-state index contributed by atoms with van der Waals surface area (Å²) in [4.78, 5) is 10.2. The molecule has 3 N–H and O–H groups in total. The summed E-state index contributed by atoms with van der Waals surface area (Å²) >= 11 is 0. The molecular weight excluding hydrogens is 304 g/mol. The number of hydrogen-bond donors (Lipinski definition) is 3. The van der Waals surface area contributed by atoms with Gasteiger partial charge in [-0.3, -0.25) is 0 Å². The third-order valence-corrected chi connectivity index (χ3v) is 3.29. The summed E-state index contributed by atoms with van der Waals surface area (Å²) in [6.45, 7) is 2.15. The van der Waals surface area contributed by atoms with E-state index in [1.807, 2.05) is 6.08 Å². The third kappa shape index (κ3) is 16.3. The molecular formula is C20H30O4. The molecule has 1 unspecified atom stereocenters. The second-order valence-corrected chi connectivity index (χ2v) is 5.54. The molecule has 0 bridgehead atoms. The van der Waals surface area contributed by atoms with Crippen LogP contribution in [-0.2, 0) is 4.79 Å². The van der Waals surface area contributed by atoms with Crippen molar-refractivity contribution < 1.29 is 20.1 Å². The molecule has 1 atom stereocenters. The fourth-order valence-electron chi connectivity index (χ4n) is 1.98. The summed E-state index contributed by atoms with van der Waals surface area (Å²) in [6.07, 6.45) is 20.9. The van der Waals surface area contributed by atoms with Crippen molar-refractivity contribution in [3.05, 3.63) is 60.4 Å². The summed E-state index contributed by atoms with van der Waals surface area (Å²) in [7, 11) is 0. The van der Waals surface area contributed by atoms with Gasteiger partial charge in [0.1, 0.15) is 5.76 Å². The highest BCUT2D eigenvalue weighted by atomic mass is 16.4. The Bertz CT molecular complexity index is 470. The summed E-state index contributed by atoms with van der Waals surface area (Å²) < 4.78 is 0. The van der Waals surface area contributed by atoms with E-state index >= 15 is 0 Å². The van der Waals surface area contributed by atoms with Crippen molar-refractivity contribution in [3.8, 4) is 0 Å². The normalized spacial score (nSPS) is 14.5. The number of carbonyl (C=O) groups is 1. The molecule has 0 aliphatic heterocycles. The predicted molar refractivity (Wildman–Crippen MR) is 98.9 cm³/mol. The molecule has 0 aliphatic carbocycles. The molecule has 4 nitrogen and oxygen atoms in total. The van der Waals surface area contributed by atoms with Crippen molar-refractivity contribution in [3.63, 3.8) is 0 Å². The highest BCUT2D eigenvalue weighted by Gasteiger charge is 2.01. The zero-order chi connectivity index (χ0) is 18.0. The van der Waals surface area contributed by atoms with E-state index in [-0.39, 0.29) is 11.9 Å². The first-order valence-electron chi connectivity index (χ1n) is 8.54. The van der Waals surface area contributed by atoms with Gasteiger partial charge in [-0.2, -0.15) is 0 Å². The molecule has 24 heavy (non-hydrogen) atoms. The molecule has 0 aromatic heterocycles. The number of aliphatic carboxylic acids is 1. The molecule has 0 radical (unpaired) electrons. The molecule has 0 spiro atoms. The van der Waals surface area contributed by atoms with Crippen LogP contribution in [0.3, 0.4) is 0 Å². The van der Waals surface area contributed by atoms with Gasteiger partial charge in [0.15, 0.2) is 0 Å². The Labute approximate surface area is 145 Å². The molecule has 0 fully saturated rings. The maximum absolute atomic E-state index is 10.2. The van der Waals surface area contributed by atoms with Gasteiger partial charge < -0.3 is 15.3 Å². The van der Waals surface area contributed by atoms with Crippen LogP contribution in [0.4, 0.5) is 0 Å². The monoisotopic (exact) mass is 334 g/mol. The molecule has 0 aromatic rings. The van der Waals surface area contributed by atoms with Crippen LogP contribution in [0, 0.1) is 0 Å². The number of carboxylic acid groups (broad SMARTS) is 1. The van der Waals surface area contributed by atoms with Crippen LogP contribution in [0.1, 0.15) is 51.9 Å². The SMILES string of the molecule is CCCCCC(O)CCC/C=C/C=C(O)/C=C/C=C/C=C/C(=O)O. The van der Waals surface area contributed by atoms with E-state index in [1.165, 1.54) is 25.0 Å². The number of allylic oxidation sites excluding steroid dienone is 8. The molecule has 0 aromatic carbocycles. The minimum Gasteiger partial charge on any atom is -0.508 e. The van der Waals surface area contributed by atoms with Gasteiger partial charge in [0.05, 0.1) is 6.10 Å². The van der Waals surface area contributed by atoms with Gasteiger partial charge in [0.25, 0.3) is 0 Å². The van der Waals surface area contributed by atoms with Crippen LogP contribution in [0.25, 0.3) is 0 Å². The largest absolute Gasteiger partial charge is 0.508 e. The second-order valence-electron chi connectivity index (χ2n) is 5.54. The maximum Gasteiger partial charge on any atom is 0.328 e. The first-order valence-corrected chi connectivity index (χ1v) is 8.54. The molecule has 134 valence electrons. The van der Waals surface area contributed by atoms with E-state index in [4.69, 9.17) is 5.11 Å². The van der Waals surface area contributed by atoms with Crippen molar-refractivity contribution >= 4 is 5.97 Å². The van der Waals surface area contributed by atoms with Crippen molar-refractivity contribution in [1.29, 1.82) is 0 Å². The lowest BCUT2D eigenvalue weighted by Gasteiger charge is -2.08. The van der Waals surface area contributed by atoms with Gasteiger partial charge in [-0.1, -0.05) is 62.6 Å². The Balaban J connectivity index is 3.86. The highest BCUT2D eigenvalue weighted by molar-refractivity contribution is 5.80. The topological polar surface area (TPSA) is 77.8 Å². The van der Waals surface area contributed by atoms with Gasteiger partial charge in [0, 0.05) is 6.08 Å². The van der Waals surface area contributed by atoms with Gasteiger partial charge in [-0.25, -0.2) is 4.79 Å². The Morgan fingerprint density at radius 1 is 0.917 bits per heavy atom. The third-order valence-electron chi connectivity index (χ3n) is 3.29. The van der Waals surface area contributed by atoms with E-state index in [0.29, 0.717) is 0 Å². The number of hydrogen-bond acceptors (Lipinski definition) is 3. The smallest absolute Gasteiger partial charge is 0.328 e. The lowest BCUT2D eigenvalue weighted by Crippen LogP contribution is -2.05. The van der Waals surface area contributed by atoms with E-state index in [1.54, 1.807) is 30.4 Å². The van der Waals surface area contributed by atoms with Crippen LogP contribution >= 0.6 is 0 Å². The average molecular weight is 334 g/mol. The van der Waals surface area contributed by atoms with Crippen LogP contribution in [-0.4, -0.2) is 27.4 Å². The van der Waals surface area contributed by atoms with E-state index < -0.39 is 5.97 Å². The Kier molecular flexibility index (Phi) is 14.4. The fourth-order valence-corrected chi connectivity index (χ4v) is 1.98. The molecule has 4 heteroatoms. The predicted octanol–water partition coefficient (Wildman–Crippen LogP) is 4.85. The van der Waals surface area contributed by atoms with E-state index in [2.05, 4.69) is 6.92 Å². The Morgan fingerprint density at radius 3 is 2.25 bits per heavy atom.